The Morgan fingerprint density at radius 3 is 2.38 bits per heavy atom. The van der Waals surface area contributed by atoms with E-state index in [1.165, 1.54) is 19.4 Å². The molecule has 1 saturated heterocycles. The first-order chi connectivity index (χ1) is 18.9. The van der Waals surface area contributed by atoms with Gasteiger partial charge in [0.15, 0.2) is 23.2 Å². The van der Waals surface area contributed by atoms with Gasteiger partial charge in [0.1, 0.15) is 18.3 Å². The largest absolute Gasteiger partial charge is 0.493 e. The predicted octanol–water partition coefficient (Wildman–Crippen LogP) is 2.77. The molecule has 12 heteroatoms. The van der Waals surface area contributed by atoms with E-state index in [1.54, 1.807) is 20.8 Å². The van der Waals surface area contributed by atoms with Gasteiger partial charge in [-0.15, -0.1) is 0 Å². The lowest BCUT2D eigenvalue weighted by Gasteiger charge is -2.31. The first-order valence-electron chi connectivity index (χ1n) is 13.6. The molecule has 1 aromatic heterocycles. The van der Waals surface area contributed by atoms with E-state index in [0.717, 1.165) is 0 Å². The first kappa shape index (κ1) is 33.2. The molecule has 1 aliphatic rings. The number of aromatic nitrogens is 1. The Bertz CT molecular complexity index is 968. The van der Waals surface area contributed by atoms with Gasteiger partial charge < -0.3 is 38.5 Å². The molecule has 0 aromatic carbocycles. The second kappa shape index (κ2) is 16.3. The second-order valence-corrected chi connectivity index (χ2v) is 10.7. The van der Waals surface area contributed by atoms with Crippen LogP contribution in [-0.2, 0) is 33.3 Å². The lowest BCUT2D eigenvalue weighted by atomic mass is 10.1. The molecule has 0 bridgehead atoms. The molecule has 1 amide bonds. The van der Waals surface area contributed by atoms with Crippen LogP contribution in [0.4, 0.5) is 0 Å². The quantitative estimate of drug-likeness (QED) is 0.277. The minimum absolute atomic E-state index is 0.0472. The maximum Gasteiger partial charge on any atom is 0.331 e. The number of pyridine rings is 1. The summed E-state index contributed by atoms with van der Waals surface area (Å²) in [5.41, 5.74) is -0.169. The molecule has 0 saturated carbocycles. The van der Waals surface area contributed by atoms with Crippen LogP contribution in [-0.4, -0.2) is 87.5 Å². The third-order valence-electron chi connectivity index (χ3n) is 5.73. The zero-order valence-electron chi connectivity index (χ0n) is 24.8. The van der Waals surface area contributed by atoms with Crippen LogP contribution in [0.2, 0.25) is 0 Å². The third-order valence-corrected chi connectivity index (χ3v) is 5.73. The molecule has 1 aromatic rings. The van der Waals surface area contributed by atoms with Gasteiger partial charge in [-0.1, -0.05) is 41.5 Å². The number of nitrogens with one attached hydrogen (secondary N) is 1. The molecule has 0 aliphatic carbocycles. The Hall–Kier alpha value is -2.96. The van der Waals surface area contributed by atoms with Crippen molar-refractivity contribution >= 4 is 17.8 Å². The Kier molecular flexibility index (Phi) is 13.6. The van der Waals surface area contributed by atoms with Gasteiger partial charge in [-0.3, -0.25) is 9.59 Å². The lowest BCUT2D eigenvalue weighted by Crippen LogP contribution is -2.47. The number of carbonyl (C=O) groups is 3. The topological polar surface area (TPSA) is 141 Å². The summed E-state index contributed by atoms with van der Waals surface area (Å²) in [6.07, 6.45) is -0.358. The molecular weight excluding hydrogens is 524 g/mol. The van der Waals surface area contributed by atoms with Crippen LogP contribution in [0, 0.1) is 17.8 Å². The summed E-state index contributed by atoms with van der Waals surface area (Å²) >= 11 is 0. The minimum Gasteiger partial charge on any atom is -0.493 e. The van der Waals surface area contributed by atoms with E-state index in [4.69, 9.17) is 33.2 Å². The molecule has 1 fully saturated rings. The van der Waals surface area contributed by atoms with Crippen LogP contribution in [0.15, 0.2) is 12.3 Å². The van der Waals surface area contributed by atoms with Gasteiger partial charge in [-0.25, -0.2) is 9.78 Å². The highest BCUT2D eigenvalue weighted by Gasteiger charge is 2.37. The number of ether oxygens (including phenoxy) is 7. The van der Waals surface area contributed by atoms with Gasteiger partial charge in [-0.05, 0) is 18.8 Å². The van der Waals surface area contributed by atoms with Crippen molar-refractivity contribution in [3.63, 3.8) is 0 Å². The molecule has 4 unspecified atom stereocenters. The molecule has 12 nitrogen and oxygen atoms in total. The summed E-state index contributed by atoms with van der Waals surface area (Å²) in [6, 6.07) is 0.341. The first-order valence-corrected chi connectivity index (χ1v) is 13.6. The average molecular weight is 569 g/mol. The molecule has 1 aliphatic heterocycles. The normalized spacial score (nSPS) is 21.8. The fraction of sp³-hybridized carbons (Fsp3) is 0.714. The van der Waals surface area contributed by atoms with E-state index in [2.05, 4.69) is 10.3 Å². The van der Waals surface area contributed by atoms with Crippen molar-refractivity contribution in [2.45, 2.75) is 72.8 Å². The van der Waals surface area contributed by atoms with Crippen molar-refractivity contribution < 1.29 is 47.5 Å². The van der Waals surface area contributed by atoms with Gasteiger partial charge >= 0.3 is 11.9 Å². The predicted molar refractivity (Wildman–Crippen MR) is 144 cm³/mol. The van der Waals surface area contributed by atoms with Crippen LogP contribution in [0.3, 0.4) is 0 Å². The number of esters is 2. The van der Waals surface area contributed by atoms with Gasteiger partial charge in [0.05, 0.1) is 26.2 Å². The number of cyclic esters (lactones) is 1. The van der Waals surface area contributed by atoms with Gasteiger partial charge in [0, 0.05) is 25.5 Å². The van der Waals surface area contributed by atoms with E-state index in [9.17, 15) is 14.4 Å². The summed E-state index contributed by atoms with van der Waals surface area (Å²) in [5.74, 6) is -1.57. The molecule has 226 valence electrons. The van der Waals surface area contributed by atoms with Gasteiger partial charge in [0.25, 0.3) is 5.91 Å². The van der Waals surface area contributed by atoms with Crippen molar-refractivity contribution in [2.75, 3.05) is 40.3 Å². The van der Waals surface area contributed by atoms with Crippen LogP contribution < -0.4 is 14.8 Å². The molecule has 0 radical (unpaired) electrons. The van der Waals surface area contributed by atoms with E-state index < -0.39 is 49.0 Å². The highest BCUT2D eigenvalue weighted by molar-refractivity contribution is 5.98. The summed E-state index contributed by atoms with van der Waals surface area (Å²) < 4.78 is 39.6. The summed E-state index contributed by atoms with van der Waals surface area (Å²) in [4.78, 5) is 42.3. The van der Waals surface area contributed by atoms with Crippen molar-refractivity contribution in [3.8, 4) is 11.5 Å². The van der Waals surface area contributed by atoms with Crippen LogP contribution >= 0.6 is 0 Å². The number of carbonyl (C=O) groups excluding carboxylic acids is 3. The van der Waals surface area contributed by atoms with Crippen molar-refractivity contribution in [1.82, 2.24) is 10.3 Å². The highest BCUT2D eigenvalue weighted by atomic mass is 16.7. The number of nitrogens with zero attached hydrogens (tertiary/aromatic N) is 1. The second-order valence-electron chi connectivity index (χ2n) is 10.7. The fourth-order valence-corrected chi connectivity index (χ4v) is 3.64. The van der Waals surface area contributed by atoms with Crippen molar-refractivity contribution in [3.05, 3.63) is 18.0 Å². The number of amides is 1. The Morgan fingerprint density at radius 2 is 1.75 bits per heavy atom. The number of rotatable bonds is 13. The molecule has 1 N–H and O–H groups in total. The average Bonchev–Trinajstić information content (AvgIpc) is 2.94. The number of methoxy groups -OCH3 is 1. The molecule has 4 atom stereocenters. The summed E-state index contributed by atoms with van der Waals surface area (Å²) in [6.45, 7) is 13.7. The molecule has 2 heterocycles. The summed E-state index contributed by atoms with van der Waals surface area (Å²) in [5, 5.41) is 2.61. The fourth-order valence-electron chi connectivity index (χ4n) is 3.64. The number of hydrogen-bond acceptors (Lipinski definition) is 11. The highest BCUT2D eigenvalue weighted by Crippen LogP contribution is 2.30. The summed E-state index contributed by atoms with van der Waals surface area (Å²) in [7, 11) is 1.39. The van der Waals surface area contributed by atoms with E-state index in [-0.39, 0.29) is 48.2 Å². The lowest BCUT2D eigenvalue weighted by molar-refractivity contribution is -0.170. The molecule has 40 heavy (non-hydrogen) atoms. The smallest absolute Gasteiger partial charge is 0.331 e. The Morgan fingerprint density at radius 1 is 1.07 bits per heavy atom. The van der Waals surface area contributed by atoms with E-state index >= 15 is 0 Å². The number of hydrogen-bond donors (Lipinski definition) is 1. The standard InChI is InChI=1S/C28H44N2O10/c1-16(2)11-36-22-14-35-13-20(28(33)40-19(7)24(22)37-12-17(3)4)30-26(31)23-25(21(34-8)9-10-29-23)38-15-39-27(32)18(5)6/h9-10,16-20,22,24H,11-15H2,1-8H3,(H,30,31). The zero-order valence-corrected chi connectivity index (χ0v) is 24.8. The van der Waals surface area contributed by atoms with Crippen LogP contribution in [0.1, 0.15) is 59.0 Å². The minimum atomic E-state index is -1.15. The molecule has 0 spiro atoms. The SMILES string of the molecule is COc1ccnc(C(=O)NC2COCC(OCC(C)C)C(OCC(C)C)C(C)OC2=O)c1OCOC(=O)C(C)C. The van der Waals surface area contributed by atoms with E-state index in [1.807, 2.05) is 27.7 Å². The molecular formula is C28H44N2O10. The third kappa shape index (κ3) is 10.2. The Balaban J connectivity index is 2.20. The molecule has 2 rings (SSSR count). The van der Waals surface area contributed by atoms with Crippen LogP contribution in [0.5, 0.6) is 11.5 Å². The maximum atomic E-state index is 13.3. The van der Waals surface area contributed by atoms with Crippen molar-refractivity contribution in [2.24, 2.45) is 17.8 Å². The van der Waals surface area contributed by atoms with Gasteiger partial charge in [-0.2, -0.15) is 0 Å². The van der Waals surface area contributed by atoms with Gasteiger partial charge in [0.2, 0.25) is 6.79 Å². The monoisotopic (exact) mass is 568 g/mol. The van der Waals surface area contributed by atoms with Crippen LogP contribution in [0.25, 0.3) is 0 Å². The van der Waals surface area contributed by atoms with Crippen molar-refractivity contribution in [1.29, 1.82) is 0 Å². The van der Waals surface area contributed by atoms with E-state index in [0.29, 0.717) is 13.2 Å². The Labute approximate surface area is 236 Å². The zero-order chi connectivity index (χ0) is 29.8. The maximum absolute atomic E-state index is 13.3.